The second-order valence-electron chi connectivity index (χ2n) is 3.59. The van der Waals surface area contributed by atoms with Crippen molar-refractivity contribution in [1.82, 2.24) is 0 Å². The average molecular weight is 257 g/mol. The third-order valence-electron chi connectivity index (χ3n) is 2.30. The second-order valence-corrected chi connectivity index (χ2v) is 5.20. The molecule has 0 aliphatic rings. The zero-order chi connectivity index (χ0) is 12.5. The van der Waals surface area contributed by atoms with Crippen LogP contribution in [0.5, 0.6) is 0 Å². The molecule has 0 fully saturated rings. The molecule has 1 rings (SSSR count). The molecule has 0 aliphatic carbocycles. The second kappa shape index (κ2) is 8.35. The molecule has 0 saturated heterocycles. The Balaban J connectivity index is 2.12. The van der Waals surface area contributed by atoms with E-state index in [1.165, 1.54) is 6.07 Å². The monoisotopic (exact) mass is 257 g/mol. The summed E-state index contributed by atoms with van der Waals surface area (Å²) in [6.45, 7) is 0.616. The minimum Gasteiger partial charge on any atom is -0.375 e. The van der Waals surface area contributed by atoms with E-state index in [1.807, 2.05) is 6.07 Å². The van der Waals surface area contributed by atoms with Gasteiger partial charge in [0.1, 0.15) is 5.82 Å². The van der Waals surface area contributed by atoms with Crippen molar-refractivity contribution in [3.8, 4) is 0 Å². The molecule has 5 heteroatoms. The molecule has 0 unspecified atom stereocenters. The highest BCUT2D eigenvalue weighted by Gasteiger charge is 2.13. The van der Waals surface area contributed by atoms with E-state index in [0.717, 1.165) is 24.8 Å². The van der Waals surface area contributed by atoms with Crippen molar-refractivity contribution in [2.24, 2.45) is 0 Å². The van der Waals surface area contributed by atoms with Crippen LogP contribution in [0.3, 0.4) is 0 Å². The van der Waals surface area contributed by atoms with Crippen LogP contribution in [-0.4, -0.2) is 30.4 Å². The number of benzene rings is 1. The molecular weight excluding hydrogens is 239 g/mol. The Morgan fingerprint density at radius 2 is 1.94 bits per heavy atom. The van der Waals surface area contributed by atoms with Crippen LogP contribution in [0.2, 0.25) is 0 Å². The van der Waals surface area contributed by atoms with Crippen LogP contribution in [0.15, 0.2) is 24.3 Å². The molecule has 0 atom stereocenters. The first-order valence-electron chi connectivity index (χ1n) is 5.58. The smallest absolute Gasteiger partial charge is 0.375 e. The van der Waals surface area contributed by atoms with Gasteiger partial charge in [-0.2, -0.15) is 0 Å². The number of unbranched alkanes of at least 4 members (excludes halogenated alkanes) is 1. The number of aryl methyl sites for hydroxylation is 1. The van der Waals surface area contributed by atoms with Gasteiger partial charge in [-0.05, 0) is 37.0 Å². The Labute approximate surface area is 103 Å². The van der Waals surface area contributed by atoms with Crippen molar-refractivity contribution in [2.45, 2.75) is 19.3 Å². The fourth-order valence-corrected chi connectivity index (χ4v) is 2.19. The third-order valence-corrected chi connectivity index (χ3v) is 3.41. The molecule has 0 saturated carbocycles. The summed E-state index contributed by atoms with van der Waals surface area (Å²) >= 11 is 0. The van der Waals surface area contributed by atoms with Gasteiger partial charge in [-0.1, -0.05) is 12.1 Å². The molecule has 0 heterocycles. The van der Waals surface area contributed by atoms with Gasteiger partial charge < -0.3 is 13.3 Å². The largest absolute Gasteiger partial charge is 0.577 e. The zero-order valence-electron chi connectivity index (χ0n) is 10.2. The van der Waals surface area contributed by atoms with E-state index in [2.05, 4.69) is 0 Å². The number of halogens is 1. The summed E-state index contributed by atoms with van der Waals surface area (Å²) in [6, 6.07) is 6.69. The number of rotatable bonds is 8. The van der Waals surface area contributed by atoms with Crippen LogP contribution in [-0.2, 0) is 19.7 Å². The lowest BCUT2D eigenvalue weighted by Crippen LogP contribution is -2.24. The summed E-state index contributed by atoms with van der Waals surface area (Å²) in [7, 11) is 1.61. The van der Waals surface area contributed by atoms with Gasteiger partial charge in [0.25, 0.3) is 0 Å². The third kappa shape index (κ3) is 5.93. The molecule has 3 nitrogen and oxygen atoms in total. The maximum absolute atomic E-state index is 12.9. The molecule has 1 aromatic rings. The highest BCUT2D eigenvalue weighted by molar-refractivity contribution is 6.36. The van der Waals surface area contributed by atoms with E-state index < -0.39 is 9.53 Å². The van der Waals surface area contributed by atoms with Crippen LogP contribution in [0.4, 0.5) is 4.39 Å². The fourth-order valence-electron chi connectivity index (χ4n) is 1.48. The Kier molecular flexibility index (Phi) is 7.03. The minimum absolute atomic E-state index is 0.178. The van der Waals surface area contributed by atoms with Crippen LogP contribution in [0.1, 0.15) is 18.4 Å². The van der Waals surface area contributed by atoms with Crippen molar-refractivity contribution >= 4 is 9.53 Å². The predicted octanol–water partition coefficient (Wildman–Crippen LogP) is 2.44. The molecule has 17 heavy (non-hydrogen) atoms. The van der Waals surface area contributed by atoms with Crippen LogP contribution in [0.25, 0.3) is 0 Å². The van der Waals surface area contributed by atoms with E-state index in [0.29, 0.717) is 6.61 Å². The molecule has 1 aromatic carbocycles. The summed E-state index contributed by atoms with van der Waals surface area (Å²) in [5, 5.41) is 0. The van der Waals surface area contributed by atoms with Crippen molar-refractivity contribution in [3.05, 3.63) is 35.6 Å². The van der Waals surface area contributed by atoms with Gasteiger partial charge in [-0.3, -0.25) is 0 Å². The van der Waals surface area contributed by atoms with Gasteiger partial charge in [0.05, 0.1) is 0 Å². The summed E-state index contributed by atoms with van der Waals surface area (Å²) in [4.78, 5) is 0. The van der Waals surface area contributed by atoms with E-state index in [-0.39, 0.29) is 5.82 Å². The zero-order valence-corrected chi connectivity index (χ0v) is 11.2. The van der Waals surface area contributed by atoms with Gasteiger partial charge in [0, 0.05) is 20.8 Å². The maximum Gasteiger partial charge on any atom is 0.577 e. The quantitative estimate of drug-likeness (QED) is 0.529. The Hall–Kier alpha value is -0.753. The number of hydrogen-bond acceptors (Lipinski definition) is 3. The van der Waals surface area contributed by atoms with E-state index in [4.69, 9.17) is 13.3 Å². The lowest BCUT2D eigenvalue weighted by molar-refractivity contribution is 0.133. The van der Waals surface area contributed by atoms with Crippen molar-refractivity contribution < 1.29 is 17.7 Å². The lowest BCUT2D eigenvalue weighted by Gasteiger charge is -2.09. The minimum atomic E-state index is -1.53. The first-order chi connectivity index (χ1) is 8.26. The Morgan fingerprint density at radius 1 is 1.18 bits per heavy atom. The van der Waals surface area contributed by atoms with Crippen molar-refractivity contribution in [3.63, 3.8) is 0 Å². The normalized spacial score (nSPS) is 11.1. The summed E-state index contributed by atoms with van der Waals surface area (Å²) in [5.41, 5.74) is 1.02. The van der Waals surface area contributed by atoms with Gasteiger partial charge in [0.2, 0.25) is 0 Å². The Bertz CT molecular complexity index is 318. The highest BCUT2D eigenvalue weighted by Crippen LogP contribution is 2.07. The van der Waals surface area contributed by atoms with Crippen LogP contribution < -0.4 is 0 Å². The molecule has 0 bridgehead atoms. The predicted molar refractivity (Wildman–Crippen MR) is 65.1 cm³/mol. The van der Waals surface area contributed by atoms with E-state index in [1.54, 1.807) is 26.4 Å². The molecule has 0 spiro atoms. The molecule has 1 radical (unpaired) electrons. The maximum atomic E-state index is 12.9. The fraction of sp³-hybridized carbons (Fsp3) is 0.500. The molecule has 0 amide bonds. The van der Waals surface area contributed by atoms with Gasteiger partial charge in [0.15, 0.2) is 0 Å². The summed E-state index contributed by atoms with van der Waals surface area (Å²) in [5.74, 6) is -0.178. The molecule has 0 aromatic heterocycles. The SMILES string of the molecule is CO[Si](OC)OCCCCc1cccc(F)c1. The summed E-state index contributed by atoms with van der Waals surface area (Å²) in [6.07, 6.45) is 2.74. The standard InChI is InChI=1S/C12H18FO3Si/c1-14-17(15-2)16-9-4-3-6-11-7-5-8-12(13)10-11/h5,7-8,10H,3-4,6,9H2,1-2H3. The van der Waals surface area contributed by atoms with Crippen LogP contribution in [0, 0.1) is 5.82 Å². The van der Waals surface area contributed by atoms with Crippen LogP contribution >= 0.6 is 0 Å². The highest BCUT2D eigenvalue weighted by atomic mass is 28.3. The molecule has 95 valence electrons. The average Bonchev–Trinajstić information content (AvgIpc) is 2.34. The lowest BCUT2D eigenvalue weighted by atomic mass is 10.1. The first-order valence-corrected chi connectivity index (χ1v) is 6.81. The Morgan fingerprint density at radius 3 is 2.59 bits per heavy atom. The first kappa shape index (κ1) is 14.3. The van der Waals surface area contributed by atoms with Gasteiger partial charge in [-0.25, -0.2) is 4.39 Å². The van der Waals surface area contributed by atoms with Gasteiger partial charge >= 0.3 is 9.53 Å². The molecular formula is C12H18FO3Si. The van der Waals surface area contributed by atoms with E-state index >= 15 is 0 Å². The molecule has 0 aliphatic heterocycles. The van der Waals surface area contributed by atoms with E-state index in [9.17, 15) is 4.39 Å². The number of hydrogen-bond donors (Lipinski definition) is 0. The summed E-state index contributed by atoms with van der Waals surface area (Å²) < 4.78 is 28.2. The molecule has 0 N–H and O–H groups in total. The van der Waals surface area contributed by atoms with Gasteiger partial charge in [-0.15, -0.1) is 0 Å². The topological polar surface area (TPSA) is 27.7 Å². The van der Waals surface area contributed by atoms with Crippen molar-refractivity contribution in [2.75, 3.05) is 20.8 Å². The van der Waals surface area contributed by atoms with Crippen molar-refractivity contribution in [1.29, 1.82) is 0 Å².